The Morgan fingerprint density at radius 2 is 1.93 bits per heavy atom. The standard InChI is InChI=1S/C32H30N4O4/c1-20-25(32(37)39-22-11-13-36(19-22)14-12-33)17-26-28(35-20)15-21(23-7-4-6-10-29(23)38-2)16-30(26)40-31-18-34-27-9-5-3-8-24(27)31/h3-10,15-16,18,22,34-35H,11,13-14,17,19H2,1-2H3/t22-/m0/s1. The van der Waals surface area contributed by atoms with Gasteiger partial charge in [0, 0.05) is 59.1 Å². The maximum absolute atomic E-state index is 13.3. The van der Waals surface area contributed by atoms with Gasteiger partial charge in [-0.25, -0.2) is 4.79 Å². The number of hydrogen-bond acceptors (Lipinski definition) is 7. The van der Waals surface area contributed by atoms with Crippen LogP contribution in [0, 0.1) is 11.3 Å². The van der Waals surface area contributed by atoms with Gasteiger partial charge in [0.25, 0.3) is 0 Å². The molecule has 202 valence electrons. The van der Waals surface area contributed by atoms with Gasteiger partial charge in [-0.15, -0.1) is 0 Å². The molecule has 2 N–H and O–H groups in total. The summed E-state index contributed by atoms with van der Waals surface area (Å²) in [4.78, 5) is 18.6. The Labute approximate surface area is 232 Å². The molecule has 1 saturated heterocycles. The third kappa shape index (κ3) is 4.88. The van der Waals surface area contributed by atoms with Gasteiger partial charge in [-0.2, -0.15) is 5.26 Å². The SMILES string of the molecule is COc1ccccc1-c1cc2c(c(Oc3c[nH]c4ccccc34)c1)CC(C(=O)O[C@H]1CCN(CC#N)C1)=C(C)N2. The number of hydrogen-bond donors (Lipinski definition) is 2. The molecule has 0 spiro atoms. The molecule has 8 heteroatoms. The van der Waals surface area contributed by atoms with E-state index in [9.17, 15) is 4.79 Å². The highest BCUT2D eigenvalue weighted by molar-refractivity contribution is 5.93. The first kappa shape index (κ1) is 25.5. The molecule has 1 atom stereocenters. The number of para-hydroxylation sites is 2. The summed E-state index contributed by atoms with van der Waals surface area (Å²) in [7, 11) is 1.66. The molecule has 0 aliphatic carbocycles. The molecule has 3 heterocycles. The topological polar surface area (TPSA) is 99.6 Å². The number of carbonyl (C=O) groups excluding carboxylic acids is 1. The fraction of sp³-hybridized carbons (Fsp3) is 0.250. The van der Waals surface area contributed by atoms with Crippen LogP contribution in [0.4, 0.5) is 5.69 Å². The molecule has 0 unspecified atom stereocenters. The molecule has 0 bridgehead atoms. The van der Waals surface area contributed by atoms with Gasteiger partial charge < -0.3 is 24.5 Å². The number of nitriles is 1. The molecule has 0 saturated carbocycles. The molecule has 2 aliphatic heterocycles. The largest absolute Gasteiger partial charge is 0.496 e. The molecule has 1 aromatic heterocycles. The molecule has 4 aromatic rings. The predicted molar refractivity (Wildman–Crippen MR) is 153 cm³/mol. The minimum absolute atomic E-state index is 0.225. The lowest BCUT2D eigenvalue weighted by molar-refractivity contribution is -0.143. The Morgan fingerprint density at radius 1 is 1.10 bits per heavy atom. The summed E-state index contributed by atoms with van der Waals surface area (Å²) in [5, 5.41) is 13.4. The second-order valence-electron chi connectivity index (χ2n) is 10.1. The zero-order chi connectivity index (χ0) is 27.6. The molecule has 8 nitrogen and oxygen atoms in total. The third-order valence-corrected chi connectivity index (χ3v) is 7.57. The van der Waals surface area contributed by atoms with Gasteiger partial charge in [0.1, 0.15) is 17.6 Å². The van der Waals surface area contributed by atoms with E-state index in [1.54, 1.807) is 7.11 Å². The second kappa shape index (κ2) is 10.8. The van der Waals surface area contributed by atoms with E-state index in [-0.39, 0.29) is 12.1 Å². The van der Waals surface area contributed by atoms with Crippen LogP contribution in [0.5, 0.6) is 17.2 Å². The molecule has 0 amide bonds. The number of likely N-dealkylation sites (tertiary alicyclic amines) is 1. The first-order valence-corrected chi connectivity index (χ1v) is 13.4. The highest BCUT2D eigenvalue weighted by atomic mass is 16.5. The fourth-order valence-electron chi connectivity index (χ4n) is 5.49. The number of esters is 1. The highest BCUT2D eigenvalue weighted by Crippen LogP contribution is 2.43. The number of aromatic nitrogens is 1. The van der Waals surface area contributed by atoms with Crippen LogP contribution >= 0.6 is 0 Å². The van der Waals surface area contributed by atoms with Crippen LogP contribution in [0.15, 0.2) is 78.1 Å². The van der Waals surface area contributed by atoms with Crippen molar-refractivity contribution in [1.29, 1.82) is 5.26 Å². The average Bonchev–Trinajstić information content (AvgIpc) is 3.59. The van der Waals surface area contributed by atoms with Gasteiger partial charge in [0.05, 0.1) is 25.3 Å². The number of allylic oxidation sites excluding steroid dienone is 1. The number of benzene rings is 3. The number of fused-ring (bicyclic) bond motifs is 2. The van der Waals surface area contributed by atoms with Crippen molar-refractivity contribution in [2.75, 3.05) is 32.1 Å². The first-order valence-electron chi connectivity index (χ1n) is 13.4. The number of nitrogens with one attached hydrogen (secondary N) is 2. The van der Waals surface area contributed by atoms with E-state index in [4.69, 9.17) is 19.5 Å². The normalized spacial score (nSPS) is 16.8. The van der Waals surface area contributed by atoms with Crippen LogP contribution in [0.3, 0.4) is 0 Å². The number of carbonyl (C=O) groups is 1. The van der Waals surface area contributed by atoms with Crippen molar-refractivity contribution in [2.24, 2.45) is 0 Å². The Morgan fingerprint density at radius 3 is 2.77 bits per heavy atom. The van der Waals surface area contributed by atoms with Crippen molar-refractivity contribution in [3.63, 3.8) is 0 Å². The summed E-state index contributed by atoms with van der Waals surface area (Å²) in [6.07, 6.45) is 2.72. The van der Waals surface area contributed by atoms with Gasteiger partial charge >= 0.3 is 5.97 Å². The molecule has 3 aromatic carbocycles. The van der Waals surface area contributed by atoms with Crippen LogP contribution in [0.25, 0.3) is 22.0 Å². The minimum Gasteiger partial charge on any atom is -0.496 e. The molecule has 40 heavy (non-hydrogen) atoms. The van der Waals surface area contributed by atoms with Crippen molar-refractivity contribution in [3.05, 3.63) is 83.7 Å². The van der Waals surface area contributed by atoms with E-state index < -0.39 is 0 Å². The summed E-state index contributed by atoms with van der Waals surface area (Å²) in [5.74, 6) is 1.77. The van der Waals surface area contributed by atoms with E-state index in [1.807, 2.05) is 72.6 Å². The van der Waals surface area contributed by atoms with E-state index in [1.165, 1.54) is 0 Å². The first-order chi connectivity index (χ1) is 19.5. The van der Waals surface area contributed by atoms with Gasteiger partial charge in [0.2, 0.25) is 0 Å². The Hall–Kier alpha value is -4.74. The van der Waals surface area contributed by atoms with Gasteiger partial charge in [0.15, 0.2) is 5.75 Å². The Bertz CT molecular complexity index is 1670. The van der Waals surface area contributed by atoms with Crippen molar-refractivity contribution >= 4 is 22.6 Å². The third-order valence-electron chi connectivity index (χ3n) is 7.57. The maximum atomic E-state index is 13.3. The van der Waals surface area contributed by atoms with Crippen molar-refractivity contribution in [3.8, 4) is 34.4 Å². The molecule has 0 radical (unpaired) electrons. The smallest absolute Gasteiger partial charge is 0.336 e. The van der Waals surface area contributed by atoms with E-state index in [0.29, 0.717) is 36.6 Å². The predicted octanol–water partition coefficient (Wildman–Crippen LogP) is 6.02. The number of methoxy groups -OCH3 is 1. The average molecular weight is 535 g/mol. The van der Waals surface area contributed by atoms with Crippen LogP contribution in [-0.2, 0) is 16.0 Å². The second-order valence-corrected chi connectivity index (χ2v) is 10.1. The van der Waals surface area contributed by atoms with Crippen LogP contribution in [0.2, 0.25) is 0 Å². The van der Waals surface area contributed by atoms with Crippen molar-refractivity contribution in [1.82, 2.24) is 9.88 Å². The summed E-state index contributed by atoms with van der Waals surface area (Å²) < 4.78 is 18.1. The number of rotatable bonds is 7. The van der Waals surface area contributed by atoms with E-state index >= 15 is 0 Å². The summed E-state index contributed by atoms with van der Waals surface area (Å²) in [5.41, 5.74) is 5.91. The zero-order valence-corrected chi connectivity index (χ0v) is 22.5. The lowest BCUT2D eigenvalue weighted by atomic mass is 9.93. The Kier molecular flexibility index (Phi) is 6.89. The molecular formula is C32H30N4O4. The fourth-order valence-corrected chi connectivity index (χ4v) is 5.49. The number of anilines is 1. The summed E-state index contributed by atoms with van der Waals surface area (Å²) >= 11 is 0. The maximum Gasteiger partial charge on any atom is 0.336 e. The zero-order valence-electron chi connectivity index (χ0n) is 22.5. The molecule has 6 rings (SSSR count). The summed E-state index contributed by atoms with van der Waals surface area (Å²) in [6, 6.07) is 22.1. The van der Waals surface area contributed by atoms with Crippen LogP contribution in [0.1, 0.15) is 18.9 Å². The highest BCUT2D eigenvalue weighted by Gasteiger charge is 2.30. The Balaban J connectivity index is 1.36. The molecule has 2 aliphatic rings. The van der Waals surface area contributed by atoms with Crippen LogP contribution in [-0.4, -0.2) is 48.7 Å². The number of ether oxygens (including phenoxy) is 3. The van der Waals surface area contributed by atoms with Crippen molar-refractivity contribution in [2.45, 2.75) is 25.9 Å². The quantitative estimate of drug-likeness (QED) is 0.221. The number of H-pyrrole nitrogens is 1. The molecular weight excluding hydrogens is 504 g/mol. The van der Waals surface area contributed by atoms with Gasteiger partial charge in [-0.3, -0.25) is 4.90 Å². The van der Waals surface area contributed by atoms with Gasteiger partial charge in [-0.1, -0.05) is 30.3 Å². The number of aromatic amines is 1. The van der Waals surface area contributed by atoms with Gasteiger partial charge in [-0.05, 0) is 49.2 Å². The lowest BCUT2D eigenvalue weighted by Gasteiger charge is -2.26. The summed E-state index contributed by atoms with van der Waals surface area (Å²) in [6.45, 7) is 3.56. The minimum atomic E-state index is -0.341. The monoisotopic (exact) mass is 534 g/mol. The molecule has 1 fully saturated rings. The van der Waals surface area contributed by atoms with Crippen LogP contribution < -0.4 is 14.8 Å². The van der Waals surface area contributed by atoms with Crippen molar-refractivity contribution < 1.29 is 19.0 Å². The van der Waals surface area contributed by atoms with E-state index in [2.05, 4.69) is 22.4 Å². The van der Waals surface area contributed by atoms with E-state index in [0.717, 1.165) is 57.7 Å². The number of nitrogens with zero attached hydrogens (tertiary/aromatic N) is 2. The lowest BCUT2D eigenvalue weighted by Crippen LogP contribution is -2.27.